The van der Waals surface area contributed by atoms with Gasteiger partial charge in [0.05, 0.1) is 25.9 Å². The van der Waals surface area contributed by atoms with E-state index in [9.17, 15) is 0 Å². The summed E-state index contributed by atoms with van der Waals surface area (Å²) in [5.41, 5.74) is 5.31. The third-order valence-corrected chi connectivity index (χ3v) is 1.58. The minimum absolute atomic E-state index is 0.218. The molecule has 1 fully saturated rings. The number of ether oxygens (including phenoxy) is 2. The molecule has 4 nitrogen and oxygen atoms in total. The summed E-state index contributed by atoms with van der Waals surface area (Å²) in [6.45, 7) is 4.52. The van der Waals surface area contributed by atoms with Crippen LogP contribution in [0.15, 0.2) is 0 Å². The Morgan fingerprint density at radius 2 is 2.36 bits per heavy atom. The molecule has 66 valence electrons. The summed E-state index contributed by atoms with van der Waals surface area (Å²) >= 11 is 0. The van der Waals surface area contributed by atoms with Crippen LogP contribution in [-0.4, -0.2) is 45.6 Å². The van der Waals surface area contributed by atoms with Gasteiger partial charge in [0.1, 0.15) is 0 Å². The van der Waals surface area contributed by atoms with E-state index in [1.807, 2.05) is 0 Å². The lowest BCUT2D eigenvalue weighted by Gasteiger charge is -2.22. The Labute approximate surface area is 67.0 Å². The van der Waals surface area contributed by atoms with Crippen LogP contribution in [0.1, 0.15) is 0 Å². The normalized spacial score (nSPS) is 25.4. The van der Waals surface area contributed by atoms with E-state index in [2.05, 4.69) is 5.32 Å². The smallest absolute Gasteiger partial charge is 0.0933 e. The second-order valence-electron chi connectivity index (χ2n) is 2.56. The maximum absolute atomic E-state index is 5.40. The Balaban J connectivity index is 1.96. The van der Waals surface area contributed by atoms with E-state index < -0.39 is 0 Å². The lowest BCUT2D eigenvalue weighted by Crippen LogP contribution is -2.38. The van der Waals surface area contributed by atoms with E-state index >= 15 is 0 Å². The van der Waals surface area contributed by atoms with Crippen molar-refractivity contribution in [2.75, 3.05) is 39.5 Å². The molecule has 0 saturated carbocycles. The molecular formula is C7H16N2O2. The molecule has 1 atom stereocenters. The van der Waals surface area contributed by atoms with Gasteiger partial charge in [0.15, 0.2) is 0 Å². The summed E-state index contributed by atoms with van der Waals surface area (Å²) in [6, 6.07) is 0. The van der Waals surface area contributed by atoms with Gasteiger partial charge in [0.25, 0.3) is 0 Å². The van der Waals surface area contributed by atoms with Gasteiger partial charge in [-0.25, -0.2) is 0 Å². The number of hydrogen-bond acceptors (Lipinski definition) is 4. The van der Waals surface area contributed by atoms with Crippen molar-refractivity contribution < 1.29 is 9.47 Å². The summed E-state index contributed by atoms with van der Waals surface area (Å²) in [7, 11) is 0. The van der Waals surface area contributed by atoms with Crippen molar-refractivity contribution in [3.8, 4) is 0 Å². The first-order valence-electron chi connectivity index (χ1n) is 4.03. The van der Waals surface area contributed by atoms with Gasteiger partial charge in [-0.3, -0.25) is 0 Å². The van der Waals surface area contributed by atoms with Crippen molar-refractivity contribution in [1.29, 1.82) is 0 Å². The number of nitrogens with two attached hydrogens (primary N) is 1. The van der Waals surface area contributed by atoms with E-state index in [-0.39, 0.29) is 6.10 Å². The van der Waals surface area contributed by atoms with Crippen molar-refractivity contribution in [3.63, 3.8) is 0 Å². The average molecular weight is 160 g/mol. The zero-order valence-corrected chi connectivity index (χ0v) is 6.71. The van der Waals surface area contributed by atoms with Crippen molar-refractivity contribution in [2.24, 2.45) is 5.73 Å². The van der Waals surface area contributed by atoms with Gasteiger partial charge in [-0.2, -0.15) is 0 Å². The van der Waals surface area contributed by atoms with Gasteiger partial charge in [-0.1, -0.05) is 0 Å². The molecule has 4 heteroatoms. The van der Waals surface area contributed by atoms with Crippen LogP contribution in [-0.2, 0) is 9.47 Å². The van der Waals surface area contributed by atoms with Gasteiger partial charge in [0.2, 0.25) is 0 Å². The van der Waals surface area contributed by atoms with E-state index in [1.165, 1.54) is 0 Å². The van der Waals surface area contributed by atoms with Gasteiger partial charge in [0, 0.05) is 19.6 Å². The molecule has 0 aromatic rings. The van der Waals surface area contributed by atoms with Crippen LogP contribution in [0.25, 0.3) is 0 Å². The van der Waals surface area contributed by atoms with E-state index in [1.54, 1.807) is 0 Å². The fourth-order valence-corrected chi connectivity index (χ4v) is 1.02. The summed E-state index contributed by atoms with van der Waals surface area (Å²) in [5, 5.41) is 3.17. The van der Waals surface area contributed by atoms with Crippen LogP contribution in [0.5, 0.6) is 0 Å². The number of hydrogen-bond donors (Lipinski definition) is 2. The molecule has 3 N–H and O–H groups in total. The molecule has 1 saturated heterocycles. The van der Waals surface area contributed by atoms with Gasteiger partial charge >= 0.3 is 0 Å². The molecule has 11 heavy (non-hydrogen) atoms. The molecule has 0 aromatic carbocycles. The Morgan fingerprint density at radius 3 is 3.00 bits per heavy atom. The minimum atomic E-state index is 0.218. The largest absolute Gasteiger partial charge is 0.376 e. The maximum Gasteiger partial charge on any atom is 0.0933 e. The molecule has 0 bridgehead atoms. The minimum Gasteiger partial charge on any atom is -0.376 e. The second-order valence-corrected chi connectivity index (χ2v) is 2.56. The first-order valence-corrected chi connectivity index (χ1v) is 4.03. The van der Waals surface area contributed by atoms with E-state index in [0.29, 0.717) is 13.2 Å². The lowest BCUT2D eigenvalue weighted by atomic mass is 10.3. The van der Waals surface area contributed by atoms with Crippen molar-refractivity contribution >= 4 is 0 Å². The first kappa shape index (κ1) is 8.93. The quantitative estimate of drug-likeness (QED) is 0.515. The molecular weight excluding hydrogens is 144 g/mol. The standard InChI is InChI=1S/C7H16N2O2/c8-1-2-9-5-7-6-10-3-4-11-7/h7,9H,1-6,8H2. The molecule has 1 unspecified atom stereocenters. The Bertz CT molecular complexity index is 94.4. The van der Waals surface area contributed by atoms with Crippen molar-refractivity contribution in [2.45, 2.75) is 6.10 Å². The molecule has 0 spiro atoms. The predicted molar refractivity (Wildman–Crippen MR) is 42.5 cm³/mol. The molecule has 0 amide bonds. The van der Waals surface area contributed by atoms with Crippen LogP contribution in [0, 0.1) is 0 Å². The third-order valence-electron chi connectivity index (χ3n) is 1.58. The summed E-state index contributed by atoms with van der Waals surface area (Å²) < 4.78 is 10.6. The Hall–Kier alpha value is -0.160. The molecule has 1 heterocycles. The van der Waals surface area contributed by atoms with Crippen LogP contribution >= 0.6 is 0 Å². The average Bonchev–Trinajstić information content (AvgIpc) is 2.07. The Kier molecular flexibility index (Phi) is 4.45. The predicted octanol–water partition coefficient (Wildman–Crippen LogP) is -1.05. The number of rotatable bonds is 4. The summed E-state index contributed by atoms with van der Waals surface area (Å²) in [5.74, 6) is 0. The molecule has 1 rings (SSSR count). The highest BCUT2D eigenvalue weighted by Gasteiger charge is 2.12. The van der Waals surface area contributed by atoms with E-state index in [0.717, 1.165) is 26.3 Å². The fraction of sp³-hybridized carbons (Fsp3) is 1.00. The number of nitrogens with one attached hydrogen (secondary N) is 1. The molecule has 0 radical (unpaired) electrons. The maximum atomic E-state index is 5.40. The van der Waals surface area contributed by atoms with Crippen molar-refractivity contribution in [1.82, 2.24) is 5.32 Å². The monoisotopic (exact) mass is 160 g/mol. The highest BCUT2D eigenvalue weighted by molar-refractivity contribution is 4.63. The van der Waals surface area contributed by atoms with Crippen LogP contribution in [0.4, 0.5) is 0 Å². The van der Waals surface area contributed by atoms with Gasteiger partial charge < -0.3 is 20.5 Å². The third kappa shape index (κ3) is 3.67. The van der Waals surface area contributed by atoms with Gasteiger partial charge in [-0.15, -0.1) is 0 Å². The zero-order chi connectivity index (χ0) is 7.94. The SMILES string of the molecule is NCCNCC1COCCO1. The topological polar surface area (TPSA) is 56.5 Å². The summed E-state index contributed by atoms with van der Waals surface area (Å²) in [4.78, 5) is 0. The van der Waals surface area contributed by atoms with Gasteiger partial charge in [-0.05, 0) is 0 Å². The molecule has 1 aliphatic rings. The van der Waals surface area contributed by atoms with E-state index in [4.69, 9.17) is 15.2 Å². The zero-order valence-electron chi connectivity index (χ0n) is 6.71. The van der Waals surface area contributed by atoms with Crippen LogP contribution in [0.3, 0.4) is 0 Å². The van der Waals surface area contributed by atoms with Crippen LogP contribution < -0.4 is 11.1 Å². The van der Waals surface area contributed by atoms with Crippen LogP contribution in [0.2, 0.25) is 0 Å². The Morgan fingerprint density at radius 1 is 1.45 bits per heavy atom. The first-order chi connectivity index (χ1) is 5.43. The molecule has 0 aromatic heterocycles. The molecule has 1 aliphatic heterocycles. The fourth-order valence-electron chi connectivity index (χ4n) is 1.02. The van der Waals surface area contributed by atoms with Crippen molar-refractivity contribution in [3.05, 3.63) is 0 Å². The highest BCUT2D eigenvalue weighted by atomic mass is 16.6. The summed E-state index contributed by atoms with van der Waals surface area (Å²) in [6.07, 6.45) is 0.218. The lowest BCUT2D eigenvalue weighted by molar-refractivity contribution is -0.0862. The second kappa shape index (κ2) is 5.49. The molecule has 0 aliphatic carbocycles. The highest BCUT2D eigenvalue weighted by Crippen LogP contribution is 1.98.